The Hall–Kier alpha value is -1.76. The molecule has 24 heavy (non-hydrogen) atoms. The second-order valence-electron chi connectivity index (χ2n) is 5.82. The van der Waals surface area contributed by atoms with Crippen molar-refractivity contribution in [3.8, 4) is 11.5 Å². The molecule has 1 heterocycles. The van der Waals surface area contributed by atoms with Crippen LogP contribution in [-0.4, -0.2) is 42.1 Å². The molecule has 6 nitrogen and oxygen atoms in total. The highest BCUT2D eigenvalue weighted by Crippen LogP contribution is 2.37. The fourth-order valence-corrected chi connectivity index (χ4v) is 3.24. The first-order valence-electron chi connectivity index (χ1n) is 7.96. The number of aliphatic carboxylic acids is 1. The van der Waals surface area contributed by atoms with Crippen LogP contribution in [0.1, 0.15) is 31.7 Å². The Kier molecular flexibility index (Phi) is 6.48. The molecule has 1 fully saturated rings. The number of hydrogen-bond donors (Lipinski definition) is 1. The molecular weight excluding hydrogens is 378 g/mol. The number of likely N-dealkylation sites (tertiary alicyclic amines) is 1. The summed E-state index contributed by atoms with van der Waals surface area (Å²) in [4.78, 5) is 24.6. The van der Waals surface area contributed by atoms with E-state index < -0.39 is 11.9 Å². The summed E-state index contributed by atoms with van der Waals surface area (Å²) < 4.78 is 11.9. The van der Waals surface area contributed by atoms with E-state index in [2.05, 4.69) is 22.9 Å². The number of carboxylic acid groups (broad SMARTS) is 1. The van der Waals surface area contributed by atoms with Crippen molar-refractivity contribution < 1.29 is 24.2 Å². The van der Waals surface area contributed by atoms with E-state index in [0.29, 0.717) is 24.7 Å². The monoisotopic (exact) mass is 399 g/mol. The summed E-state index contributed by atoms with van der Waals surface area (Å²) in [5.74, 6) is -0.452. The summed E-state index contributed by atoms with van der Waals surface area (Å²) in [6.45, 7) is 3.29. The van der Waals surface area contributed by atoms with E-state index in [4.69, 9.17) is 14.6 Å². The minimum atomic E-state index is -0.927. The Morgan fingerprint density at radius 3 is 2.79 bits per heavy atom. The van der Waals surface area contributed by atoms with Crippen LogP contribution in [0.15, 0.2) is 16.6 Å². The van der Waals surface area contributed by atoms with Gasteiger partial charge in [0.2, 0.25) is 5.91 Å². The summed E-state index contributed by atoms with van der Waals surface area (Å²) in [5, 5.41) is 9.06. The standard InChI is InChI=1S/C17H22BrNO5/c1-3-4-5-24-16-13(18)6-11(7-14(16)23-2)9-19-10-12(17(21)22)8-15(19)20/h6-7,12H,3-5,8-10H2,1-2H3,(H,21,22)/t12-/m1/s1. The van der Waals surface area contributed by atoms with Crippen LogP contribution in [-0.2, 0) is 16.1 Å². The van der Waals surface area contributed by atoms with E-state index in [9.17, 15) is 9.59 Å². The average molecular weight is 400 g/mol. The minimum absolute atomic E-state index is 0.0614. The van der Waals surface area contributed by atoms with Crippen LogP contribution in [0.2, 0.25) is 0 Å². The van der Waals surface area contributed by atoms with Crippen molar-refractivity contribution in [1.29, 1.82) is 0 Å². The highest BCUT2D eigenvalue weighted by Gasteiger charge is 2.34. The summed E-state index contributed by atoms with van der Waals surface area (Å²) in [7, 11) is 1.57. The van der Waals surface area contributed by atoms with Gasteiger partial charge in [0.05, 0.1) is 24.1 Å². The molecule has 0 spiro atoms. The number of carboxylic acids is 1. The molecule has 1 saturated heterocycles. The van der Waals surface area contributed by atoms with Crippen molar-refractivity contribution in [1.82, 2.24) is 4.90 Å². The Balaban J connectivity index is 2.12. The van der Waals surface area contributed by atoms with Crippen LogP contribution in [0.5, 0.6) is 11.5 Å². The van der Waals surface area contributed by atoms with Crippen LogP contribution in [0.25, 0.3) is 0 Å². The third-order valence-electron chi connectivity index (χ3n) is 3.97. The highest BCUT2D eigenvalue weighted by molar-refractivity contribution is 9.10. The van der Waals surface area contributed by atoms with Gasteiger partial charge in [0.15, 0.2) is 11.5 Å². The van der Waals surface area contributed by atoms with Crippen molar-refractivity contribution in [3.63, 3.8) is 0 Å². The number of unbranched alkanes of at least 4 members (excludes halogenated alkanes) is 1. The number of benzene rings is 1. The van der Waals surface area contributed by atoms with Gasteiger partial charge in [-0.15, -0.1) is 0 Å². The summed E-state index contributed by atoms with van der Waals surface area (Å²) in [5.41, 5.74) is 0.862. The average Bonchev–Trinajstić information content (AvgIpc) is 2.90. The molecule has 0 bridgehead atoms. The van der Waals surface area contributed by atoms with Crippen molar-refractivity contribution >= 4 is 27.8 Å². The second kappa shape index (κ2) is 8.37. The number of ether oxygens (including phenoxy) is 2. The number of amides is 1. The van der Waals surface area contributed by atoms with E-state index in [0.717, 1.165) is 22.9 Å². The van der Waals surface area contributed by atoms with E-state index in [1.165, 1.54) is 0 Å². The van der Waals surface area contributed by atoms with Crippen LogP contribution >= 0.6 is 15.9 Å². The number of carbonyl (C=O) groups is 2. The van der Waals surface area contributed by atoms with Gasteiger partial charge in [0.1, 0.15) is 0 Å². The highest BCUT2D eigenvalue weighted by atomic mass is 79.9. The smallest absolute Gasteiger partial charge is 0.308 e. The maximum Gasteiger partial charge on any atom is 0.308 e. The number of halogens is 1. The van der Waals surface area contributed by atoms with Crippen molar-refractivity contribution in [2.45, 2.75) is 32.7 Å². The topological polar surface area (TPSA) is 76.1 Å². The Morgan fingerprint density at radius 2 is 2.21 bits per heavy atom. The van der Waals surface area contributed by atoms with Gasteiger partial charge in [-0.3, -0.25) is 9.59 Å². The molecule has 1 aromatic rings. The lowest BCUT2D eigenvalue weighted by Crippen LogP contribution is -2.25. The molecule has 1 aliphatic heterocycles. The first kappa shape index (κ1) is 18.6. The zero-order valence-corrected chi connectivity index (χ0v) is 15.5. The van der Waals surface area contributed by atoms with Crippen LogP contribution < -0.4 is 9.47 Å². The number of hydrogen-bond acceptors (Lipinski definition) is 4. The van der Waals surface area contributed by atoms with Gasteiger partial charge in [0, 0.05) is 19.5 Å². The number of rotatable bonds is 8. The molecule has 0 unspecified atom stereocenters. The van der Waals surface area contributed by atoms with E-state index >= 15 is 0 Å². The van der Waals surface area contributed by atoms with Crippen LogP contribution in [0, 0.1) is 5.92 Å². The molecule has 0 aliphatic carbocycles. The van der Waals surface area contributed by atoms with Gasteiger partial charge in [-0.25, -0.2) is 0 Å². The molecule has 1 aromatic carbocycles. The molecule has 0 aromatic heterocycles. The van der Waals surface area contributed by atoms with Gasteiger partial charge in [-0.1, -0.05) is 13.3 Å². The van der Waals surface area contributed by atoms with Gasteiger partial charge >= 0.3 is 5.97 Å². The molecule has 0 saturated carbocycles. The molecule has 1 amide bonds. The fourth-order valence-electron chi connectivity index (χ4n) is 2.63. The van der Waals surface area contributed by atoms with Crippen LogP contribution in [0.4, 0.5) is 0 Å². The SMILES string of the molecule is CCCCOc1c(Br)cc(CN2C[C@H](C(=O)O)CC2=O)cc1OC. The normalized spacial score (nSPS) is 17.2. The van der Waals surface area contributed by atoms with Gasteiger partial charge in [-0.2, -0.15) is 0 Å². The summed E-state index contributed by atoms with van der Waals surface area (Å²) in [6.07, 6.45) is 2.06. The zero-order chi connectivity index (χ0) is 17.7. The second-order valence-corrected chi connectivity index (χ2v) is 6.68. The molecule has 1 atom stereocenters. The van der Waals surface area contributed by atoms with Crippen molar-refractivity contribution in [2.24, 2.45) is 5.92 Å². The molecule has 1 aliphatic rings. The lowest BCUT2D eigenvalue weighted by molar-refractivity contribution is -0.141. The maximum absolute atomic E-state index is 12.0. The van der Waals surface area contributed by atoms with Gasteiger partial charge in [0.25, 0.3) is 0 Å². The fraction of sp³-hybridized carbons (Fsp3) is 0.529. The van der Waals surface area contributed by atoms with Crippen molar-refractivity contribution in [2.75, 3.05) is 20.3 Å². The predicted octanol–water partition coefficient (Wildman–Crippen LogP) is 3.07. The maximum atomic E-state index is 12.0. The Morgan fingerprint density at radius 1 is 1.46 bits per heavy atom. The molecule has 2 rings (SSSR count). The first-order valence-corrected chi connectivity index (χ1v) is 8.75. The Bertz CT molecular complexity index is 619. The first-order chi connectivity index (χ1) is 11.5. The van der Waals surface area contributed by atoms with Gasteiger partial charge in [-0.05, 0) is 40.0 Å². The third-order valence-corrected chi connectivity index (χ3v) is 4.56. The van der Waals surface area contributed by atoms with Gasteiger partial charge < -0.3 is 19.5 Å². The van der Waals surface area contributed by atoms with Crippen LogP contribution in [0.3, 0.4) is 0 Å². The van der Waals surface area contributed by atoms with E-state index in [1.807, 2.05) is 12.1 Å². The molecule has 7 heteroatoms. The summed E-state index contributed by atoms with van der Waals surface area (Å²) in [6, 6.07) is 3.71. The minimum Gasteiger partial charge on any atom is -0.493 e. The van der Waals surface area contributed by atoms with E-state index in [-0.39, 0.29) is 18.9 Å². The predicted molar refractivity (Wildman–Crippen MR) is 92.3 cm³/mol. The number of methoxy groups -OCH3 is 1. The number of carbonyl (C=O) groups excluding carboxylic acids is 1. The molecule has 1 N–H and O–H groups in total. The largest absolute Gasteiger partial charge is 0.493 e. The summed E-state index contributed by atoms with van der Waals surface area (Å²) >= 11 is 3.49. The molecule has 132 valence electrons. The lowest BCUT2D eigenvalue weighted by Gasteiger charge is -2.19. The van der Waals surface area contributed by atoms with Crippen molar-refractivity contribution in [3.05, 3.63) is 22.2 Å². The zero-order valence-electron chi connectivity index (χ0n) is 13.9. The quantitative estimate of drug-likeness (QED) is 0.679. The Labute approximate surface area is 149 Å². The number of nitrogens with zero attached hydrogens (tertiary/aromatic N) is 1. The third kappa shape index (κ3) is 4.41. The lowest BCUT2D eigenvalue weighted by atomic mass is 10.1. The van der Waals surface area contributed by atoms with E-state index in [1.54, 1.807) is 12.0 Å². The molecular formula is C17H22BrNO5. The molecule has 0 radical (unpaired) electrons.